The molecule has 11 heteroatoms. The molecule has 0 bridgehead atoms. The molecule has 71 heavy (non-hydrogen) atoms. The Labute approximate surface area is 432 Å². The van der Waals surface area contributed by atoms with Gasteiger partial charge in [-0.05, 0) is 77.0 Å². The lowest BCUT2D eigenvalue weighted by Gasteiger charge is -2.41. The highest BCUT2D eigenvalue weighted by Crippen LogP contribution is 2.26. The third-order valence-corrected chi connectivity index (χ3v) is 13.1. The van der Waals surface area contributed by atoms with E-state index >= 15 is 0 Å². The molecule has 0 radical (unpaired) electrons. The minimum absolute atomic E-state index is 0.0775. The first kappa shape index (κ1) is 66.1. The van der Waals surface area contributed by atoms with Gasteiger partial charge < -0.3 is 45.1 Å². The highest BCUT2D eigenvalue weighted by molar-refractivity contribution is 5.81. The second-order valence-corrected chi connectivity index (χ2v) is 19.7. The molecule has 0 aromatic carbocycles. The summed E-state index contributed by atoms with van der Waals surface area (Å²) in [5.74, 6) is -1.29. The third kappa shape index (κ3) is 36.6. The molecule has 1 saturated heterocycles. The van der Waals surface area contributed by atoms with Gasteiger partial charge in [0, 0.05) is 12.8 Å². The Morgan fingerprint density at radius 2 is 0.972 bits per heavy atom. The lowest BCUT2D eigenvalue weighted by Crippen LogP contribution is -2.61. The fourth-order valence-electron chi connectivity index (χ4n) is 8.46. The van der Waals surface area contributed by atoms with Crippen LogP contribution in [0.25, 0.3) is 0 Å². The molecule has 8 atom stereocenters. The number of amides is 1. The van der Waals surface area contributed by atoms with Gasteiger partial charge in [0.1, 0.15) is 24.4 Å². The van der Waals surface area contributed by atoms with Gasteiger partial charge >= 0.3 is 5.97 Å². The number of ether oxygens (including phenoxy) is 3. The lowest BCUT2D eigenvalue weighted by molar-refractivity contribution is -0.305. The Morgan fingerprint density at radius 3 is 1.48 bits per heavy atom. The molecular formula is C60H105NO10. The van der Waals surface area contributed by atoms with E-state index < -0.39 is 67.4 Å². The van der Waals surface area contributed by atoms with Crippen molar-refractivity contribution in [2.24, 2.45) is 0 Å². The molecule has 0 saturated carbocycles. The van der Waals surface area contributed by atoms with Crippen LogP contribution in [0.5, 0.6) is 0 Å². The Hall–Kier alpha value is -2.90. The van der Waals surface area contributed by atoms with Crippen molar-refractivity contribution in [3.8, 4) is 0 Å². The van der Waals surface area contributed by atoms with Gasteiger partial charge in [-0.25, -0.2) is 0 Å². The number of nitrogens with one attached hydrogen (secondary N) is 1. The lowest BCUT2D eigenvalue weighted by atomic mass is 9.99. The van der Waals surface area contributed by atoms with Gasteiger partial charge in [0.05, 0.1) is 25.4 Å². The summed E-state index contributed by atoms with van der Waals surface area (Å²) in [7, 11) is 0. The van der Waals surface area contributed by atoms with Crippen molar-refractivity contribution >= 4 is 11.9 Å². The number of hydrogen-bond acceptors (Lipinski definition) is 10. The molecule has 8 unspecified atom stereocenters. The van der Waals surface area contributed by atoms with Crippen molar-refractivity contribution < 1.29 is 49.3 Å². The second kappa shape index (κ2) is 48.1. The molecule has 1 aliphatic heterocycles. The van der Waals surface area contributed by atoms with Crippen LogP contribution in [0.2, 0.25) is 0 Å². The number of allylic oxidation sites excluding steroid dienone is 10. The predicted molar refractivity (Wildman–Crippen MR) is 292 cm³/mol. The smallest absolute Gasteiger partial charge is 0.306 e. The van der Waals surface area contributed by atoms with E-state index in [1.165, 1.54) is 109 Å². The van der Waals surface area contributed by atoms with Crippen molar-refractivity contribution in [3.05, 3.63) is 72.9 Å². The number of esters is 1. The maximum Gasteiger partial charge on any atom is 0.306 e. The topological polar surface area (TPSA) is 175 Å². The molecule has 1 rings (SSSR count). The van der Waals surface area contributed by atoms with Crippen LogP contribution >= 0.6 is 0 Å². The zero-order valence-electron chi connectivity index (χ0n) is 45.1. The number of rotatable bonds is 47. The normalized spacial score (nSPS) is 20.1. The zero-order valence-corrected chi connectivity index (χ0v) is 45.1. The fourth-order valence-corrected chi connectivity index (χ4v) is 8.46. The van der Waals surface area contributed by atoms with Crippen LogP contribution < -0.4 is 5.32 Å². The predicted octanol–water partition coefficient (Wildman–Crippen LogP) is 12.8. The average Bonchev–Trinajstić information content (AvgIpc) is 3.37. The summed E-state index contributed by atoms with van der Waals surface area (Å²) in [6.45, 7) is 5.68. The standard InChI is InChI=1S/C60H105NO10/c1-4-7-10-13-16-19-22-25-26-27-28-30-33-36-39-42-45-48-55(65)71-58-57(67)56(66)54(49-62)70-60(58)69-50-51(52(63)46-43-40-37-34-32-29-23-20-17-14-11-8-5-2)61-59(68)53(64)47-44-41-38-35-31-24-21-18-15-12-9-6-3/h16,19,25-26,28,30-31,35,41,43-44,46,51-54,56-58,60,62-64,66-67H,4-15,17-18,20-24,27,29,32-34,36-40,42,45,47-50H2,1-3H3,(H,61,68)/b19-16-,26-25-,30-28-,35-31-,44-41+,46-43+. The second-order valence-electron chi connectivity index (χ2n) is 19.7. The number of aliphatic hydroxyl groups is 5. The Kier molecular flexibility index (Phi) is 44.8. The van der Waals surface area contributed by atoms with Crippen LogP contribution in [0.3, 0.4) is 0 Å². The van der Waals surface area contributed by atoms with E-state index in [1.807, 2.05) is 12.2 Å². The van der Waals surface area contributed by atoms with Gasteiger partial charge in [0.15, 0.2) is 12.4 Å². The van der Waals surface area contributed by atoms with Gasteiger partial charge in [0.25, 0.3) is 0 Å². The van der Waals surface area contributed by atoms with E-state index in [0.717, 1.165) is 77.0 Å². The largest absolute Gasteiger partial charge is 0.454 e. The maximum atomic E-state index is 13.3. The molecule has 1 amide bonds. The van der Waals surface area contributed by atoms with Crippen LogP contribution in [0.15, 0.2) is 72.9 Å². The van der Waals surface area contributed by atoms with Crippen LogP contribution in [-0.2, 0) is 23.8 Å². The zero-order chi connectivity index (χ0) is 51.8. The fraction of sp³-hybridized carbons (Fsp3) is 0.767. The highest BCUT2D eigenvalue weighted by atomic mass is 16.7. The first-order valence-electron chi connectivity index (χ1n) is 28.7. The molecule has 0 aliphatic carbocycles. The molecule has 1 aliphatic rings. The summed E-state index contributed by atoms with van der Waals surface area (Å²) in [5.41, 5.74) is 0. The molecule has 11 nitrogen and oxygen atoms in total. The quantitative estimate of drug-likeness (QED) is 0.0196. The molecule has 0 spiro atoms. The molecule has 6 N–H and O–H groups in total. The van der Waals surface area contributed by atoms with Gasteiger partial charge in [-0.15, -0.1) is 0 Å². The van der Waals surface area contributed by atoms with Crippen LogP contribution in [0.4, 0.5) is 0 Å². The van der Waals surface area contributed by atoms with E-state index in [2.05, 4.69) is 74.7 Å². The monoisotopic (exact) mass is 1000 g/mol. The molecule has 1 heterocycles. The van der Waals surface area contributed by atoms with Crippen molar-refractivity contribution in [2.45, 2.75) is 282 Å². The van der Waals surface area contributed by atoms with E-state index in [4.69, 9.17) is 14.2 Å². The molecular weight excluding hydrogens is 895 g/mol. The van der Waals surface area contributed by atoms with Crippen LogP contribution in [0, 0.1) is 0 Å². The number of unbranched alkanes of at least 4 members (excludes halogenated alkanes) is 24. The summed E-state index contributed by atoms with van der Waals surface area (Å²) in [4.78, 5) is 26.4. The first-order chi connectivity index (χ1) is 34.7. The van der Waals surface area contributed by atoms with Crippen LogP contribution in [0.1, 0.15) is 233 Å². The average molecular weight is 1000 g/mol. The van der Waals surface area contributed by atoms with E-state index in [-0.39, 0.29) is 19.4 Å². The first-order valence-corrected chi connectivity index (χ1v) is 28.7. The summed E-state index contributed by atoms with van der Waals surface area (Å²) in [5, 5.41) is 56.6. The number of carbonyl (C=O) groups excluding carboxylic acids is 2. The molecule has 0 aromatic rings. The van der Waals surface area contributed by atoms with Crippen molar-refractivity contribution in [3.63, 3.8) is 0 Å². The summed E-state index contributed by atoms with van der Waals surface area (Å²) >= 11 is 0. The van der Waals surface area contributed by atoms with Crippen molar-refractivity contribution in [2.75, 3.05) is 13.2 Å². The van der Waals surface area contributed by atoms with Crippen molar-refractivity contribution in [1.29, 1.82) is 0 Å². The Balaban J connectivity index is 2.79. The minimum atomic E-state index is -1.63. The minimum Gasteiger partial charge on any atom is -0.454 e. The SMILES string of the molecule is CCCCC/C=C\C/C=C\C/C=C\CCCCCCC(=O)OC1C(OCC(NC(=O)C(O)C/C=C/C/C=C\CCCCCCCC)C(O)/C=C/CCCCCCCCCCCCC)OC(CO)C(O)C1O. The summed E-state index contributed by atoms with van der Waals surface area (Å²) in [6, 6.07) is -1.06. The van der Waals surface area contributed by atoms with Gasteiger partial charge in [-0.2, -0.15) is 0 Å². The molecule has 1 fully saturated rings. The number of aliphatic hydroxyl groups excluding tert-OH is 5. The van der Waals surface area contributed by atoms with E-state index in [1.54, 1.807) is 12.2 Å². The van der Waals surface area contributed by atoms with Gasteiger partial charge in [0.2, 0.25) is 5.91 Å². The number of carbonyl (C=O) groups is 2. The third-order valence-electron chi connectivity index (χ3n) is 13.1. The van der Waals surface area contributed by atoms with E-state index in [9.17, 15) is 35.1 Å². The number of hydrogen-bond donors (Lipinski definition) is 6. The Morgan fingerprint density at radius 1 is 0.549 bits per heavy atom. The summed E-state index contributed by atoms with van der Waals surface area (Å²) < 4.78 is 17.5. The highest BCUT2D eigenvalue weighted by Gasteiger charge is 2.47. The molecule has 0 aromatic heterocycles. The Bertz CT molecular complexity index is 1430. The van der Waals surface area contributed by atoms with E-state index in [0.29, 0.717) is 12.8 Å². The van der Waals surface area contributed by atoms with Crippen LogP contribution in [-0.4, -0.2) is 99.6 Å². The maximum absolute atomic E-state index is 13.3. The van der Waals surface area contributed by atoms with Gasteiger partial charge in [-0.3, -0.25) is 9.59 Å². The van der Waals surface area contributed by atoms with Crippen molar-refractivity contribution in [1.82, 2.24) is 5.32 Å². The van der Waals surface area contributed by atoms with Gasteiger partial charge in [-0.1, -0.05) is 216 Å². The summed E-state index contributed by atoms with van der Waals surface area (Å²) in [6.07, 6.45) is 49.6. The molecule has 410 valence electrons.